The number of nitrogens with one attached hydrogen (secondary N) is 1. The number of aromatic nitrogens is 3. The van der Waals surface area contributed by atoms with Crippen molar-refractivity contribution in [2.24, 2.45) is 7.05 Å². The zero-order valence-electron chi connectivity index (χ0n) is 14.2. The Morgan fingerprint density at radius 3 is 2.56 bits per heavy atom. The molecule has 0 aliphatic rings. The molecule has 0 saturated carbocycles. The summed E-state index contributed by atoms with van der Waals surface area (Å²) in [6, 6.07) is 12.5. The van der Waals surface area contributed by atoms with E-state index >= 15 is 0 Å². The Hall–Kier alpha value is -2.57. The first-order valence-electron chi connectivity index (χ1n) is 8.07. The SMILES string of the molecule is Cn1cc(C(C)(O)CNC(c2ccccc2)c2ccc(F)cn2)cn1. The van der Waals surface area contributed by atoms with Crippen LogP contribution in [0.4, 0.5) is 4.39 Å². The van der Waals surface area contributed by atoms with Crippen LogP contribution in [0.25, 0.3) is 0 Å². The molecule has 5 nitrogen and oxygen atoms in total. The monoisotopic (exact) mass is 340 g/mol. The van der Waals surface area contributed by atoms with Crippen LogP contribution in [0, 0.1) is 5.82 Å². The summed E-state index contributed by atoms with van der Waals surface area (Å²) in [5, 5.41) is 18.2. The molecule has 2 aromatic heterocycles. The van der Waals surface area contributed by atoms with E-state index < -0.39 is 5.60 Å². The molecule has 2 N–H and O–H groups in total. The third kappa shape index (κ3) is 4.10. The van der Waals surface area contributed by atoms with Crippen molar-refractivity contribution in [1.82, 2.24) is 20.1 Å². The molecule has 0 spiro atoms. The minimum absolute atomic E-state index is 0.259. The van der Waals surface area contributed by atoms with E-state index in [1.807, 2.05) is 37.4 Å². The summed E-state index contributed by atoms with van der Waals surface area (Å²) in [6.45, 7) is 2.02. The Kier molecular flexibility index (Phi) is 4.92. The highest BCUT2D eigenvalue weighted by Gasteiger charge is 2.27. The first kappa shape index (κ1) is 17.3. The highest BCUT2D eigenvalue weighted by molar-refractivity contribution is 5.28. The molecule has 0 fully saturated rings. The molecular formula is C19H21FN4O. The molecule has 0 amide bonds. The van der Waals surface area contributed by atoms with Crippen LogP contribution >= 0.6 is 0 Å². The molecule has 3 aromatic rings. The standard InChI is InChI=1S/C19H21FN4O/c1-19(25,15-10-23-24(2)12-15)13-22-18(14-6-4-3-5-7-14)17-9-8-16(20)11-21-17/h3-12,18,22,25H,13H2,1-2H3. The maximum Gasteiger partial charge on any atom is 0.141 e. The maximum absolute atomic E-state index is 13.2. The first-order valence-corrected chi connectivity index (χ1v) is 8.07. The zero-order chi connectivity index (χ0) is 17.9. The number of nitrogens with zero attached hydrogens (tertiary/aromatic N) is 3. The van der Waals surface area contributed by atoms with E-state index in [9.17, 15) is 9.50 Å². The van der Waals surface area contributed by atoms with Crippen LogP contribution in [0.2, 0.25) is 0 Å². The summed E-state index contributed by atoms with van der Waals surface area (Å²) >= 11 is 0. The van der Waals surface area contributed by atoms with Gasteiger partial charge in [0.15, 0.2) is 0 Å². The minimum Gasteiger partial charge on any atom is -0.384 e. The molecule has 130 valence electrons. The van der Waals surface area contributed by atoms with Crippen molar-refractivity contribution in [2.75, 3.05) is 6.54 Å². The summed E-state index contributed by atoms with van der Waals surface area (Å²) in [7, 11) is 1.81. The average Bonchev–Trinajstić information content (AvgIpc) is 3.05. The highest BCUT2D eigenvalue weighted by atomic mass is 19.1. The normalized spacial score (nSPS) is 14.9. The summed E-state index contributed by atoms with van der Waals surface area (Å²) in [5.41, 5.74) is 1.31. The molecule has 3 rings (SSSR count). The van der Waals surface area contributed by atoms with Gasteiger partial charge in [-0.2, -0.15) is 5.10 Å². The van der Waals surface area contributed by atoms with Crippen molar-refractivity contribution >= 4 is 0 Å². The summed E-state index contributed by atoms with van der Waals surface area (Å²) in [6.07, 6.45) is 4.64. The van der Waals surface area contributed by atoms with Gasteiger partial charge in [-0.1, -0.05) is 30.3 Å². The van der Waals surface area contributed by atoms with Gasteiger partial charge in [-0.15, -0.1) is 0 Å². The Balaban J connectivity index is 1.84. The molecule has 2 heterocycles. The van der Waals surface area contributed by atoms with E-state index in [0.717, 1.165) is 11.1 Å². The Morgan fingerprint density at radius 2 is 1.96 bits per heavy atom. The second-order valence-electron chi connectivity index (χ2n) is 6.30. The van der Waals surface area contributed by atoms with Gasteiger partial charge in [0, 0.05) is 25.4 Å². The van der Waals surface area contributed by atoms with Crippen molar-refractivity contribution in [1.29, 1.82) is 0 Å². The van der Waals surface area contributed by atoms with Crippen molar-refractivity contribution in [2.45, 2.75) is 18.6 Å². The van der Waals surface area contributed by atoms with E-state index in [0.29, 0.717) is 5.69 Å². The fraction of sp³-hybridized carbons (Fsp3) is 0.263. The Bertz CT molecular complexity index is 815. The summed E-state index contributed by atoms with van der Waals surface area (Å²) < 4.78 is 14.9. The second kappa shape index (κ2) is 7.13. The number of rotatable bonds is 6. The molecule has 25 heavy (non-hydrogen) atoms. The second-order valence-corrected chi connectivity index (χ2v) is 6.30. The molecule has 2 unspecified atom stereocenters. The third-order valence-corrected chi connectivity index (χ3v) is 4.16. The van der Waals surface area contributed by atoms with E-state index in [2.05, 4.69) is 15.4 Å². The van der Waals surface area contributed by atoms with Crippen molar-refractivity contribution < 1.29 is 9.50 Å². The van der Waals surface area contributed by atoms with Crippen molar-refractivity contribution in [3.05, 3.63) is 83.7 Å². The van der Waals surface area contributed by atoms with Crippen LogP contribution in [0.3, 0.4) is 0 Å². The number of hydrogen-bond donors (Lipinski definition) is 2. The molecule has 6 heteroatoms. The molecule has 1 aromatic carbocycles. The summed E-state index contributed by atoms with van der Waals surface area (Å²) in [5.74, 6) is -0.377. The van der Waals surface area contributed by atoms with Crippen molar-refractivity contribution in [3.63, 3.8) is 0 Å². The van der Waals surface area contributed by atoms with Crippen LogP contribution in [-0.4, -0.2) is 26.4 Å². The zero-order valence-corrected chi connectivity index (χ0v) is 14.2. The Morgan fingerprint density at radius 1 is 1.20 bits per heavy atom. The topological polar surface area (TPSA) is 63.0 Å². The van der Waals surface area contributed by atoms with Crippen LogP contribution in [0.15, 0.2) is 61.1 Å². The molecule has 0 radical (unpaired) electrons. The fourth-order valence-corrected chi connectivity index (χ4v) is 2.70. The van der Waals surface area contributed by atoms with Crippen LogP contribution < -0.4 is 5.32 Å². The number of pyridine rings is 1. The lowest BCUT2D eigenvalue weighted by molar-refractivity contribution is 0.0548. The van der Waals surface area contributed by atoms with Crippen LogP contribution in [0.5, 0.6) is 0 Å². The lowest BCUT2D eigenvalue weighted by atomic mass is 9.97. The van der Waals surface area contributed by atoms with Crippen molar-refractivity contribution in [3.8, 4) is 0 Å². The van der Waals surface area contributed by atoms with E-state index in [1.165, 1.54) is 12.3 Å². The van der Waals surface area contributed by atoms with Gasteiger partial charge in [0.2, 0.25) is 0 Å². The minimum atomic E-state index is -1.10. The van der Waals surface area contributed by atoms with E-state index in [4.69, 9.17) is 0 Å². The van der Waals surface area contributed by atoms with Gasteiger partial charge in [-0.05, 0) is 24.6 Å². The Labute approximate surface area is 146 Å². The lowest BCUT2D eigenvalue weighted by Crippen LogP contribution is -2.37. The van der Waals surface area contributed by atoms with Crippen LogP contribution in [0.1, 0.15) is 29.8 Å². The van der Waals surface area contributed by atoms with Gasteiger partial charge in [0.25, 0.3) is 0 Å². The quantitative estimate of drug-likeness (QED) is 0.724. The number of aliphatic hydroxyl groups is 1. The number of hydrogen-bond acceptors (Lipinski definition) is 4. The smallest absolute Gasteiger partial charge is 0.141 e. The molecular weight excluding hydrogens is 319 g/mol. The van der Waals surface area contributed by atoms with Gasteiger partial charge in [-0.25, -0.2) is 4.39 Å². The van der Waals surface area contributed by atoms with Gasteiger partial charge in [-0.3, -0.25) is 9.67 Å². The molecule has 2 atom stereocenters. The van der Waals surface area contributed by atoms with E-state index in [1.54, 1.807) is 30.1 Å². The maximum atomic E-state index is 13.2. The van der Waals surface area contributed by atoms with E-state index in [-0.39, 0.29) is 18.4 Å². The number of aryl methyl sites for hydroxylation is 1. The highest BCUT2D eigenvalue weighted by Crippen LogP contribution is 2.24. The average molecular weight is 340 g/mol. The van der Waals surface area contributed by atoms with Gasteiger partial charge < -0.3 is 10.4 Å². The van der Waals surface area contributed by atoms with Gasteiger partial charge in [0.1, 0.15) is 11.4 Å². The van der Waals surface area contributed by atoms with Gasteiger partial charge >= 0.3 is 0 Å². The molecule has 0 aliphatic heterocycles. The molecule has 0 saturated heterocycles. The predicted octanol–water partition coefficient (Wildman–Crippen LogP) is 2.54. The number of benzene rings is 1. The molecule has 0 bridgehead atoms. The number of halogens is 1. The molecule has 0 aliphatic carbocycles. The predicted molar refractivity (Wildman–Crippen MR) is 93.3 cm³/mol. The van der Waals surface area contributed by atoms with Crippen LogP contribution in [-0.2, 0) is 12.6 Å². The largest absolute Gasteiger partial charge is 0.384 e. The van der Waals surface area contributed by atoms with Gasteiger partial charge in [0.05, 0.1) is 24.1 Å². The summed E-state index contributed by atoms with van der Waals surface area (Å²) in [4.78, 5) is 4.20. The fourth-order valence-electron chi connectivity index (χ4n) is 2.70. The lowest BCUT2D eigenvalue weighted by Gasteiger charge is -2.26. The third-order valence-electron chi connectivity index (χ3n) is 4.16. The first-order chi connectivity index (χ1) is 12.0.